The molecule has 0 atom stereocenters. The molecule has 1 aliphatic heterocycles. The highest BCUT2D eigenvalue weighted by Crippen LogP contribution is 2.30. The number of benzene rings is 1. The summed E-state index contributed by atoms with van der Waals surface area (Å²) in [5.41, 5.74) is 0.308. The van der Waals surface area contributed by atoms with E-state index in [0.717, 1.165) is 12.1 Å². The van der Waals surface area contributed by atoms with E-state index in [4.69, 9.17) is 0 Å². The maximum Gasteiger partial charge on any atom is 0.416 e. The molecule has 10 heteroatoms. The van der Waals surface area contributed by atoms with Crippen LogP contribution in [-0.4, -0.2) is 27.4 Å². The number of hydrogen-bond acceptors (Lipinski definition) is 4. The summed E-state index contributed by atoms with van der Waals surface area (Å²) in [6.45, 7) is 0.0947. The Morgan fingerprint density at radius 1 is 1.03 bits per heavy atom. The Balaban J connectivity index is 1.75. The van der Waals surface area contributed by atoms with Crippen molar-refractivity contribution in [3.05, 3.63) is 71.1 Å². The average Bonchev–Trinajstić information content (AvgIpc) is 3.02. The summed E-state index contributed by atoms with van der Waals surface area (Å²) in [7, 11) is 0. The molecule has 1 aliphatic rings. The number of pyridine rings is 1. The Morgan fingerprint density at radius 2 is 1.77 bits per heavy atom. The molecule has 1 fully saturated rings. The molecule has 4 amide bonds. The van der Waals surface area contributed by atoms with Gasteiger partial charge in [-0.15, -0.1) is 0 Å². The van der Waals surface area contributed by atoms with Crippen LogP contribution in [0.5, 0.6) is 0 Å². The van der Waals surface area contributed by atoms with Crippen LogP contribution in [0.4, 0.5) is 18.0 Å². The van der Waals surface area contributed by atoms with E-state index >= 15 is 0 Å². The second-order valence-corrected chi connectivity index (χ2v) is 6.58. The Bertz CT molecular complexity index is 1210. The van der Waals surface area contributed by atoms with Crippen LogP contribution in [0.1, 0.15) is 16.7 Å². The van der Waals surface area contributed by atoms with Gasteiger partial charge in [0.05, 0.1) is 5.56 Å². The van der Waals surface area contributed by atoms with Crippen molar-refractivity contribution >= 4 is 35.0 Å². The molecule has 3 aromatic rings. The van der Waals surface area contributed by atoms with Crippen LogP contribution < -0.4 is 10.6 Å². The second kappa shape index (κ2) is 7.14. The van der Waals surface area contributed by atoms with Crippen LogP contribution in [0.3, 0.4) is 0 Å². The van der Waals surface area contributed by atoms with E-state index in [1.54, 1.807) is 29.0 Å². The predicted octanol–water partition coefficient (Wildman–Crippen LogP) is 2.85. The van der Waals surface area contributed by atoms with Crippen LogP contribution >= 0.6 is 0 Å². The van der Waals surface area contributed by atoms with Crippen LogP contribution in [-0.2, 0) is 22.3 Å². The number of carbonyl (C=O) groups excluding carboxylic acids is 3. The molecule has 0 radical (unpaired) electrons. The molecule has 2 aromatic heterocycles. The highest BCUT2D eigenvalue weighted by Gasteiger charge is 2.30. The Kier molecular flexibility index (Phi) is 4.61. The molecule has 7 nitrogen and oxygen atoms in total. The monoisotopic (exact) mass is 414 g/mol. The summed E-state index contributed by atoms with van der Waals surface area (Å²) in [5, 5.41) is 4.57. The van der Waals surface area contributed by atoms with Gasteiger partial charge in [-0.25, -0.2) is 9.78 Å². The van der Waals surface area contributed by atoms with Crippen molar-refractivity contribution in [1.82, 2.24) is 20.2 Å². The molecular weight excluding hydrogens is 401 g/mol. The zero-order chi connectivity index (χ0) is 21.5. The van der Waals surface area contributed by atoms with Gasteiger partial charge in [0.15, 0.2) is 0 Å². The van der Waals surface area contributed by atoms with E-state index in [2.05, 4.69) is 4.98 Å². The Labute approximate surface area is 167 Å². The van der Waals surface area contributed by atoms with Gasteiger partial charge in [-0.05, 0) is 35.9 Å². The summed E-state index contributed by atoms with van der Waals surface area (Å²) in [4.78, 5) is 39.5. The zero-order valence-corrected chi connectivity index (χ0v) is 15.2. The highest BCUT2D eigenvalue weighted by atomic mass is 19.4. The van der Waals surface area contributed by atoms with Gasteiger partial charge in [0.25, 0.3) is 11.8 Å². The maximum absolute atomic E-state index is 13.0. The van der Waals surface area contributed by atoms with Gasteiger partial charge < -0.3 is 4.57 Å². The van der Waals surface area contributed by atoms with Crippen LogP contribution in [0.2, 0.25) is 0 Å². The van der Waals surface area contributed by atoms with Gasteiger partial charge >= 0.3 is 12.2 Å². The smallest absolute Gasteiger partial charge is 0.327 e. The van der Waals surface area contributed by atoms with Crippen molar-refractivity contribution in [3.8, 4) is 0 Å². The number of nitrogens with zero attached hydrogens (tertiary/aromatic N) is 2. The van der Waals surface area contributed by atoms with Gasteiger partial charge in [-0.2, -0.15) is 13.2 Å². The van der Waals surface area contributed by atoms with Gasteiger partial charge in [0, 0.05) is 29.9 Å². The molecule has 0 unspecified atom stereocenters. The Hall–Kier alpha value is -3.95. The minimum Gasteiger partial charge on any atom is -0.327 e. The van der Waals surface area contributed by atoms with Crippen LogP contribution in [0.15, 0.2) is 54.4 Å². The van der Waals surface area contributed by atoms with Crippen LogP contribution in [0.25, 0.3) is 17.1 Å². The zero-order valence-electron chi connectivity index (χ0n) is 15.2. The third kappa shape index (κ3) is 3.66. The molecule has 0 bridgehead atoms. The number of imide groups is 2. The first-order valence-electron chi connectivity index (χ1n) is 8.71. The molecule has 3 heterocycles. The average molecular weight is 414 g/mol. The number of hydrogen-bond donors (Lipinski definition) is 2. The van der Waals surface area contributed by atoms with Gasteiger partial charge in [0.2, 0.25) is 0 Å². The number of nitrogens with one attached hydrogen (secondary N) is 2. The minimum absolute atomic E-state index is 0.0947. The molecule has 1 aromatic carbocycles. The molecular formula is C20H13F3N4O3. The lowest BCUT2D eigenvalue weighted by Crippen LogP contribution is -2.51. The van der Waals surface area contributed by atoms with Crippen molar-refractivity contribution in [2.24, 2.45) is 0 Å². The number of fused-ring (bicyclic) bond motifs is 1. The van der Waals surface area contributed by atoms with Gasteiger partial charge in [-0.1, -0.05) is 12.1 Å². The first kappa shape index (κ1) is 19.4. The van der Waals surface area contributed by atoms with Crippen molar-refractivity contribution < 1.29 is 27.6 Å². The normalized spacial score (nSPS) is 14.6. The van der Waals surface area contributed by atoms with Gasteiger partial charge in [-0.3, -0.25) is 20.2 Å². The lowest BCUT2D eigenvalue weighted by Gasteiger charge is -2.13. The summed E-state index contributed by atoms with van der Waals surface area (Å²) in [5.74, 6) is -1.68. The van der Waals surface area contributed by atoms with E-state index in [1.165, 1.54) is 18.3 Å². The summed E-state index contributed by atoms with van der Waals surface area (Å²) >= 11 is 0. The largest absolute Gasteiger partial charge is 0.416 e. The Morgan fingerprint density at radius 3 is 2.47 bits per heavy atom. The topological polar surface area (TPSA) is 93.1 Å². The lowest BCUT2D eigenvalue weighted by atomic mass is 10.1. The summed E-state index contributed by atoms with van der Waals surface area (Å²) in [6.07, 6.45) is -0.0337. The SMILES string of the molecule is O=C1NC(=O)C(=Cc2cn(Cc3cccc(C(F)(F)F)c3)c3ncccc23)C(=O)N1. The number of alkyl halides is 3. The maximum atomic E-state index is 13.0. The fourth-order valence-electron chi connectivity index (χ4n) is 3.19. The second-order valence-electron chi connectivity index (χ2n) is 6.58. The first-order chi connectivity index (χ1) is 14.2. The third-order valence-corrected chi connectivity index (χ3v) is 4.52. The lowest BCUT2D eigenvalue weighted by molar-refractivity contribution is -0.137. The fourth-order valence-corrected chi connectivity index (χ4v) is 3.19. The third-order valence-electron chi connectivity index (χ3n) is 4.52. The van der Waals surface area contributed by atoms with E-state index in [9.17, 15) is 27.6 Å². The quantitative estimate of drug-likeness (QED) is 0.509. The number of barbiturate groups is 1. The number of amides is 4. The molecule has 0 spiro atoms. The van der Waals surface area contributed by atoms with E-state index < -0.39 is 29.6 Å². The molecule has 0 aliphatic carbocycles. The minimum atomic E-state index is -4.46. The molecule has 0 saturated carbocycles. The first-order valence-corrected chi connectivity index (χ1v) is 8.71. The molecule has 1 saturated heterocycles. The highest BCUT2D eigenvalue weighted by molar-refractivity contribution is 6.31. The van der Waals surface area contributed by atoms with E-state index in [0.29, 0.717) is 22.2 Å². The fraction of sp³-hybridized carbons (Fsp3) is 0.100. The summed E-state index contributed by atoms with van der Waals surface area (Å²) < 4.78 is 40.6. The van der Waals surface area contributed by atoms with E-state index in [-0.39, 0.29) is 12.1 Å². The van der Waals surface area contributed by atoms with Crippen LogP contribution in [0, 0.1) is 0 Å². The van der Waals surface area contributed by atoms with Crippen molar-refractivity contribution in [1.29, 1.82) is 0 Å². The number of aromatic nitrogens is 2. The molecule has 152 valence electrons. The molecule has 4 rings (SSSR count). The van der Waals surface area contributed by atoms with Gasteiger partial charge in [0.1, 0.15) is 11.2 Å². The van der Waals surface area contributed by atoms with Crippen molar-refractivity contribution in [2.75, 3.05) is 0 Å². The number of halogens is 3. The summed E-state index contributed by atoms with van der Waals surface area (Å²) in [6, 6.07) is 7.40. The molecule has 2 N–H and O–H groups in total. The molecule has 30 heavy (non-hydrogen) atoms. The van der Waals surface area contributed by atoms with Crippen molar-refractivity contribution in [3.63, 3.8) is 0 Å². The number of rotatable bonds is 3. The van der Waals surface area contributed by atoms with E-state index in [1.807, 2.05) is 10.6 Å². The predicted molar refractivity (Wildman–Crippen MR) is 99.9 cm³/mol. The number of urea groups is 1. The standard InChI is InChI=1S/C20H13F3N4O3/c21-20(22,23)13-4-1-3-11(7-13)9-27-10-12(14-5-2-6-24-16(14)27)8-15-17(28)25-19(30)26-18(15)29/h1-8,10H,9H2,(H2,25,26,28,29,30). The number of carbonyl (C=O) groups is 3. The van der Waals surface area contributed by atoms with Crippen molar-refractivity contribution in [2.45, 2.75) is 12.7 Å².